The summed E-state index contributed by atoms with van der Waals surface area (Å²) in [6.07, 6.45) is 3.35. The molecule has 0 unspecified atom stereocenters. The third-order valence-electron chi connectivity index (χ3n) is 5.46. The molecule has 2 aliphatic rings. The minimum absolute atomic E-state index is 0. The third-order valence-corrected chi connectivity index (χ3v) is 6.32. The molecule has 2 N–H and O–H groups in total. The van der Waals surface area contributed by atoms with Crippen molar-refractivity contribution >= 4 is 47.0 Å². The normalized spacial score (nSPS) is 17.7. The zero-order valence-electron chi connectivity index (χ0n) is 17.4. The molecular weight excluding hydrogens is 511 g/mol. The Hall–Kier alpha value is -1.52. The molecule has 164 valence electrons. The number of piperidine rings is 1. The summed E-state index contributed by atoms with van der Waals surface area (Å²) >= 11 is 1.85. The maximum Gasteiger partial charge on any atom is 0.195 e. The molecule has 1 saturated heterocycles. The molecule has 1 fully saturated rings. The number of aliphatic imine (C=N–C) groups is 1. The van der Waals surface area contributed by atoms with Gasteiger partial charge in [-0.25, -0.2) is 0 Å². The van der Waals surface area contributed by atoms with Crippen molar-refractivity contribution in [3.05, 3.63) is 40.6 Å². The molecule has 0 aliphatic carbocycles. The fourth-order valence-electron chi connectivity index (χ4n) is 3.77. The van der Waals surface area contributed by atoms with E-state index in [4.69, 9.17) is 9.47 Å². The summed E-state index contributed by atoms with van der Waals surface area (Å²) in [5.41, 5.74) is 0.952. The van der Waals surface area contributed by atoms with Gasteiger partial charge in [0.15, 0.2) is 17.5 Å². The van der Waals surface area contributed by atoms with Crippen LogP contribution in [-0.2, 0) is 6.54 Å². The molecule has 1 aromatic heterocycles. The summed E-state index contributed by atoms with van der Waals surface area (Å²) < 4.78 is 11.5. The van der Waals surface area contributed by atoms with E-state index in [0.29, 0.717) is 19.1 Å². The first-order valence-corrected chi connectivity index (χ1v) is 11.3. The summed E-state index contributed by atoms with van der Waals surface area (Å²) in [6, 6.07) is 10.3. The molecule has 2 aliphatic heterocycles. The number of halogens is 1. The fraction of sp³-hybridized carbons (Fsp3) is 0.500. The van der Waals surface area contributed by atoms with Gasteiger partial charge in [0.1, 0.15) is 0 Å². The summed E-state index contributed by atoms with van der Waals surface area (Å²) in [6.45, 7) is 5.75. The van der Waals surface area contributed by atoms with Gasteiger partial charge in [-0.15, -0.1) is 35.3 Å². The number of hydrogen-bond donors (Lipinski definition) is 2. The maximum atomic E-state index is 5.78. The van der Waals surface area contributed by atoms with E-state index in [1.165, 1.54) is 30.8 Å². The van der Waals surface area contributed by atoms with Crippen LogP contribution >= 0.6 is 35.3 Å². The molecule has 1 aromatic carbocycles. The Morgan fingerprint density at radius 3 is 2.70 bits per heavy atom. The van der Waals surface area contributed by atoms with Crippen molar-refractivity contribution in [1.82, 2.24) is 10.2 Å². The quantitative estimate of drug-likeness (QED) is 0.333. The van der Waals surface area contributed by atoms with E-state index >= 15 is 0 Å². The number of hydrogen-bond acceptors (Lipinski definition) is 5. The first-order valence-electron chi connectivity index (χ1n) is 10.4. The highest BCUT2D eigenvalue weighted by molar-refractivity contribution is 14.0. The van der Waals surface area contributed by atoms with Crippen LogP contribution < -0.4 is 20.1 Å². The van der Waals surface area contributed by atoms with E-state index in [1.54, 1.807) is 0 Å². The third kappa shape index (κ3) is 6.49. The SMILES string of the molecule is CN=C(NCC1CCN(Cc2cccs2)CC1)Nc1ccc2c(c1)OCCCO2.I. The van der Waals surface area contributed by atoms with E-state index in [9.17, 15) is 0 Å². The van der Waals surface area contributed by atoms with Gasteiger partial charge in [0.25, 0.3) is 0 Å². The summed E-state index contributed by atoms with van der Waals surface area (Å²) in [5, 5.41) is 9.02. The average Bonchev–Trinajstić information content (AvgIpc) is 3.15. The lowest BCUT2D eigenvalue weighted by atomic mass is 9.97. The number of guanidine groups is 1. The topological polar surface area (TPSA) is 58.1 Å². The highest BCUT2D eigenvalue weighted by Gasteiger charge is 2.20. The van der Waals surface area contributed by atoms with Gasteiger partial charge in [0.05, 0.1) is 13.2 Å². The van der Waals surface area contributed by atoms with Crippen molar-refractivity contribution in [2.75, 3.05) is 45.2 Å². The second kappa shape index (κ2) is 11.8. The number of thiophene rings is 1. The minimum atomic E-state index is 0. The van der Waals surface area contributed by atoms with Crippen molar-refractivity contribution in [3.8, 4) is 11.5 Å². The fourth-order valence-corrected chi connectivity index (χ4v) is 4.52. The Labute approximate surface area is 200 Å². The molecule has 0 atom stereocenters. The number of rotatable bonds is 5. The highest BCUT2D eigenvalue weighted by atomic mass is 127. The van der Waals surface area contributed by atoms with Crippen LogP contribution in [0.5, 0.6) is 11.5 Å². The first-order chi connectivity index (χ1) is 14.3. The molecule has 6 nitrogen and oxygen atoms in total. The van der Waals surface area contributed by atoms with Crippen molar-refractivity contribution in [3.63, 3.8) is 0 Å². The van der Waals surface area contributed by atoms with E-state index in [2.05, 4.69) is 38.0 Å². The standard InChI is InChI=1S/C22H30N4O2S.HI/c1-23-22(25-18-5-6-20-21(14-18)28-12-3-11-27-20)24-15-17-7-9-26(10-8-17)16-19-4-2-13-29-19;/h2,4-6,13-14,17H,3,7-12,15-16H2,1H3,(H2,23,24,25);1H. The zero-order chi connectivity index (χ0) is 19.9. The van der Waals surface area contributed by atoms with Gasteiger partial charge in [-0.3, -0.25) is 9.89 Å². The van der Waals surface area contributed by atoms with Crippen LogP contribution in [0.3, 0.4) is 0 Å². The van der Waals surface area contributed by atoms with Crippen LogP contribution in [0.25, 0.3) is 0 Å². The Kier molecular flexibility index (Phi) is 9.07. The number of anilines is 1. The van der Waals surface area contributed by atoms with Gasteiger partial charge >= 0.3 is 0 Å². The molecule has 0 radical (unpaired) electrons. The van der Waals surface area contributed by atoms with Crippen molar-refractivity contribution in [2.45, 2.75) is 25.8 Å². The number of likely N-dealkylation sites (tertiary alicyclic amines) is 1. The zero-order valence-corrected chi connectivity index (χ0v) is 20.6. The molecule has 4 rings (SSSR count). The van der Waals surface area contributed by atoms with Crippen LogP contribution in [0.15, 0.2) is 40.7 Å². The van der Waals surface area contributed by atoms with Crippen molar-refractivity contribution < 1.29 is 9.47 Å². The lowest BCUT2D eigenvalue weighted by Crippen LogP contribution is -2.40. The van der Waals surface area contributed by atoms with Crippen LogP contribution in [0.1, 0.15) is 24.1 Å². The van der Waals surface area contributed by atoms with Crippen LogP contribution in [0.2, 0.25) is 0 Å². The highest BCUT2D eigenvalue weighted by Crippen LogP contribution is 2.32. The average molecular weight is 542 g/mol. The van der Waals surface area contributed by atoms with E-state index in [-0.39, 0.29) is 24.0 Å². The Balaban J connectivity index is 0.00000256. The number of benzene rings is 1. The van der Waals surface area contributed by atoms with Crippen molar-refractivity contribution in [1.29, 1.82) is 0 Å². The second-order valence-corrected chi connectivity index (χ2v) is 8.62. The Morgan fingerprint density at radius 1 is 1.17 bits per heavy atom. The van der Waals surface area contributed by atoms with E-state index < -0.39 is 0 Å². The summed E-state index contributed by atoms with van der Waals surface area (Å²) in [4.78, 5) is 8.40. The number of nitrogens with one attached hydrogen (secondary N) is 2. The van der Waals surface area contributed by atoms with Gasteiger partial charge in [-0.2, -0.15) is 0 Å². The molecule has 0 bridgehead atoms. The minimum Gasteiger partial charge on any atom is -0.490 e. The molecule has 2 aromatic rings. The van der Waals surface area contributed by atoms with E-state index in [1.807, 2.05) is 36.6 Å². The van der Waals surface area contributed by atoms with Gasteiger partial charge in [0.2, 0.25) is 0 Å². The second-order valence-electron chi connectivity index (χ2n) is 7.59. The molecule has 0 amide bonds. The summed E-state index contributed by atoms with van der Waals surface area (Å²) in [5.74, 6) is 3.07. The Morgan fingerprint density at radius 2 is 1.97 bits per heavy atom. The molecular formula is C22H31IN4O2S. The van der Waals surface area contributed by atoms with Crippen LogP contribution in [0.4, 0.5) is 5.69 Å². The predicted octanol–water partition coefficient (Wildman–Crippen LogP) is 4.43. The van der Waals surface area contributed by atoms with Crippen LogP contribution in [0, 0.1) is 5.92 Å². The summed E-state index contributed by atoms with van der Waals surface area (Å²) in [7, 11) is 1.81. The van der Waals surface area contributed by atoms with E-state index in [0.717, 1.165) is 42.7 Å². The number of fused-ring (bicyclic) bond motifs is 1. The van der Waals surface area contributed by atoms with Gasteiger partial charge in [-0.05, 0) is 55.4 Å². The monoisotopic (exact) mass is 542 g/mol. The Bertz CT molecular complexity index is 807. The maximum absolute atomic E-state index is 5.78. The molecule has 3 heterocycles. The molecule has 30 heavy (non-hydrogen) atoms. The molecule has 0 saturated carbocycles. The first kappa shape index (κ1) is 23.1. The van der Waals surface area contributed by atoms with Gasteiger partial charge in [-0.1, -0.05) is 6.07 Å². The molecule has 8 heteroatoms. The largest absolute Gasteiger partial charge is 0.490 e. The predicted molar refractivity (Wildman–Crippen MR) is 135 cm³/mol. The lowest BCUT2D eigenvalue weighted by molar-refractivity contribution is 0.179. The van der Waals surface area contributed by atoms with Crippen molar-refractivity contribution in [2.24, 2.45) is 10.9 Å². The van der Waals surface area contributed by atoms with Crippen LogP contribution in [-0.4, -0.2) is 50.8 Å². The molecule has 0 spiro atoms. The number of ether oxygens (including phenoxy) is 2. The number of nitrogens with zero attached hydrogens (tertiary/aromatic N) is 2. The lowest BCUT2D eigenvalue weighted by Gasteiger charge is -2.32. The smallest absolute Gasteiger partial charge is 0.195 e. The van der Waals surface area contributed by atoms with Gasteiger partial charge < -0.3 is 20.1 Å². The van der Waals surface area contributed by atoms with Gasteiger partial charge in [0, 0.05) is 43.2 Å².